The van der Waals surface area contributed by atoms with Gasteiger partial charge in [-0.05, 0) is 52.4 Å². The molecule has 0 radical (unpaired) electrons. The zero-order chi connectivity index (χ0) is 16.7. The van der Waals surface area contributed by atoms with E-state index in [0.29, 0.717) is 11.8 Å². The Kier molecular flexibility index (Phi) is 4.32. The third kappa shape index (κ3) is 3.48. The summed E-state index contributed by atoms with van der Waals surface area (Å²) in [7, 11) is 0. The van der Waals surface area contributed by atoms with E-state index < -0.39 is 5.60 Å². The fourth-order valence-electron chi connectivity index (χ4n) is 4.26. The van der Waals surface area contributed by atoms with Crippen LogP contribution in [-0.4, -0.2) is 53.6 Å². The molecule has 0 bridgehead atoms. The number of amides is 2. The number of β-lactam (4-membered cyclic amide) rings is 1. The zero-order valence-electron chi connectivity index (χ0n) is 14.8. The van der Waals surface area contributed by atoms with E-state index in [4.69, 9.17) is 4.74 Å². The van der Waals surface area contributed by atoms with Crippen LogP contribution in [0.3, 0.4) is 0 Å². The topological polar surface area (TPSA) is 49.9 Å². The van der Waals surface area contributed by atoms with Crippen LogP contribution in [0, 0.1) is 11.3 Å². The van der Waals surface area contributed by atoms with E-state index in [0.717, 1.165) is 51.9 Å². The Balaban J connectivity index is 1.42. The van der Waals surface area contributed by atoms with Crippen LogP contribution in [0.2, 0.25) is 0 Å². The monoisotopic (exact) mass is 322 g/mol. The van der Waals surface area contributed by atoms with Crippen molar-refractivity contribution in [1.29, 1.82) is 0 Å². The Hall–Kier alpha value is -1.26. The molecule has 1 saturated carbocycles. The third-order valence-corrected chi connectivity index (χ3v) is 5.54. The van der Waals surface area contributed by atoms with Gasteiger partial charge in [0.25, 0.3) is 0 Å². The molecule has 2 aliphatic heterocycles. The minimum Gasteiger partial charge on any atom is -0.444 e. The van der Waals surface area contributed by atoms with E-state index in [1.54, 1.807) is 4.90 Å². The van der Waals surface area contributed by atoms with Crippen molar-refractivity contribution in [3.05, 3.63) is 0 Å². The maximum atomic E-state index is 12.4. The van der Waals surface area contributed by atoms with Crippen molar-refractivity contribution >= 4 is 12.0 Å². The summed E-state index contributed by atoms with van der Waals surface area (Å²) in [5.74, 6) is 0.918. The molecule has 5 nitrogen and oxygen atoms in total. The van der Waals surface area contributed by atoms with Gasteiger partial charge in [-0.3, -0.25) is 4.79 Å². The molecule has 23 heavy (non-hydrogen) atoms. The molecule has 1 aliphatic carbocycles. The number of rotatable bonds is 2. The highest BCUT2D eigenvalue weighted by molar-refractivity contribution is 5.89. The quantitative estimate of drug-likeness (QED) is 0.734. The second-order valence-corrected chi connectivity index (χ2v) is 8.58. The molecule has 0 atom stereocenters. The molecule has 0 aromatic rings. The molecule has 0 aromatic heterocycles. The van der Waals surface area contributed by atoms with E-state index in [2.05, 4.69) is 4.90 Å². The van der Waals surface area contributed by atoms with Gasteiger partial charge in [0.2, 0.25) is 5.91 Å². The van der Waals surface area contributed by atoms with Crippen LogP contribution in [-0.2, 0) is 9.53 Å². The van der Waals surface area contributed by atoms with Crippen LogP contribution >= 0.6 is 0 Å². The van der Waals surface area contributed by atoms with Gasteiger partial charge in [-0.1, -0.05) is 12.8 Å². The molecule has 3 fully saturated rings. The predicted molar refractivity (Wildman–Crippen MR) is 88.0 cm³/mol. The molecule has 2 amide bonds. The second kappa shape index (κ2) is 5.99. The molecule has 0 aromatic carbocycles. The second-order valence-electron chi connectivity index (χ2n) is 8.58. The van der Waals surface area contributed by atoms with Crippen molar-refractivity contribution in [2.75, 3.05) is 26.2 Å². The number of hydrogen-bond acceptors (Lipinski definition) is 3. The number of ether oxygens (including phenoxy) is 1. The summed E-state index contributed by atoms with van der Waals surface area (Å²) in [5.41, 5.74) is -0.412. The predicted octanol–water partition coefficient (Wildman–Crippen LogP) is 3.04. The standard InChI is InChI=1S/C18H30N2O3/c1-17(2,3)23-16(22)19-10-6-14(7-11-19)12-20-13-18(15(20)21)8-4-5-9-18/h14H,4-13H2,1-3H3. The number of piperidine rings is 1. The molecule has 130 valence electrons. The van der Waals surface area contributed by atoms with E-state index in [9.17, 15) is 9.59 Å². The lowest BCUT2D eigenvalue weighted by Gasteiger charge is -2.48. The van der Waals surface area contributed by atoms with Crippen LogP contribution in [0.5, 0.6) is 0 Å². The van der Waals surface area contributed by atoms with E-state index in [-0.39, 0.29) is 11.5 Å². The largest absolute Gasteiger partial charge is 0.444 e. The summed E-state index contributed by atoms with van der Waals surface area (Å²) in [6, 6.07) is 0. The molecule has 2 heterocycles. The van der Waals surface area contributed by atoms with E-state index in [1.165, 1.54) is 12.8 Å². The minimum atomic E-state index is -0.437. The first-order valence-corrected chi connectivity index (χ1v) is 9.06. The Bertz CT molecular complexity index is 469. The maximum absolute atomic E-state index is 12.4. The van der Waals surface area contributed by atoms with Gasteiger partial charge in [-0.25, -0.2) is 4.79 Å². The van der Waals surface area contributed by atoms with Gasteiger partial charge in [0.15, 0.2) is 0 Å². The fraction of sp³-hybridized carbons (Fsp3) is 0.889. The number of nitrogens with zero attached hydrogens (tertiary/aromatic N) is 2. The molecule has 2 saturated heterocycles. The first-order valence-electron chi connectivity index (χ1n) is 9.06. The van der Waals surface area contributed by atoms with Gasteiger partial charge in [-0.15, -0.1) is 0 Å². The fourth-order valence-corrected chi connectivity index (χ4v) is 4.26. The van der Waals surface area contributed by atoms with Crippen LogP contribution < -0.4 is 0 Å². The SMILES string of the molecule is CC(C)(C)OC(=O)N1CCC(CN2CC3(CCCC3)C2=O)CC1. The summed E-state index contributed by atoms with van der Waals surface area (Å²) in [6.45, 7) is 9.02. The number of carbonyl (C=O) groups excluding carboxylic acids is 2. The van der Waals surface area contributed by atoms with Crippen LogP contribution in [0.1, 0.15) is 59.3 Å². The lowest BCUT2D eigenvalue weighted by atomic mass is 9.76. The lowest BCUT2D eigenvalue weighted by Crippen LogP contribution is -2.61. The summed E-state index contributed by atoms with van der Waals surface area (Å²) in [5, 5.41) is 0. The first-order chi connectivity index (χ1) is 10.8. The zero-order valence-corrected chi connectivity index (χ0v) is 14.8. The van der Waals surface area contributed by atoms with Crippen molar-refractivity contribution in [3.8, 4) is 0 Å². The highest BCUT2D eigenvalue weighted by Gasteiger charge is 2.53. The lowest BCUT2D eigenvalue weighted by molar-refractivity contribution is -0.161. The first kappa shape index (κ1) is 16.6. The molecular formula is C18H30N2O3. The average molecular weight is 322 g/mol. The van der Waals surface area contributed by atoms with Crippen LogP contribution in [0.25, 0.3) is 0 Å². The number of likely N-dealkylation sites (tertiary alicyclic amines) is 2. The van der Waals surface area contributed by atoms with E-state index in [1.807, 2.05) is 20.8 Å². The van der Waals surface area contributed by atoms with Crippen LogP contribution in [0.4, 0.5) is 4.79 Å². The van der Waals surface area contributed by atoms with Crippen molar-refractivity contribution in [2.24, 2.45) is 11.3 Å². The van der Waals surface area contributed by atoms with E-state index >= 15 is 0 Å². The van der Waals surface area contributed by atoms with Gasteiger partial charge < -0.3 is 14.5 Å². The summed E-state index contributed by atoms with van der Waals surface area (Å²) >= 11 is 0. The van der Waals surface area contributed by atoms with Gasteiger partial charge in [0.05, 0.1) is 5.41 Å². The number of carbonyl (C=O) groups is 2. The Morgan fingerprint density at radius 1 is 1.22 bits per heavy atom. The summed E-state index contributed by atoms with van der Waals surface area (Å²) in [6.07, 6.45) is 6.35. The van der Waals surface area contributed by atoms with Gasteiger partial charge in [0.1, 0.15) is 5.60 Å². The number of hydrogen-bond donors (Lipinski definition) is 0. The molecule has 3 aliphatic rings. The Labute approximate surface area is 139 Å². The van der Waals surface area contributed by atoms with Gasteiger partial charge in [-0.2, -0.15) is 0 Å². The normalized spacial score (nSPS) is 24.9. The maximum Gasteiger partial charge on any atom is 0.410 e. The average Bonchev–Trinajstić information content (AvgIpc) is 2.97. The Morgan fingerprint density at radius 3 is 2.35 bits per heavy atom. The molecular weight excluding hydrogens is 292 g/mol. The minimum absolute atomic E-state index is 0.0250. The molecule has 0 N–H and O–H groups in total. The van der Waals surface area contributed by atoms with Crippen molar-refractivity contribution in [2.45, 2.75) is 64.9 Å². The van der Waals surface area contributed by atoms with Crippen molar-refractivity contribution in [3.63, 3.8) is 0 Å². The Morgan fingerprint density at radius 2 is 1.83 bits per heavy atom. The summed E-state index contributed by atoms with van der Waals surface area (Å²) < 4.78 is 5.43. The van der Waals surface area contributed by atoms with Gasteiger partial charge >= 0.3 is 6.09 Å². The molecule has 0 unspecified atom stereocenters. The van der Waals surface area contributed by atoms with Crippen LogP contribution in [0.15, 0.2) is 0 Å². The van der Waals surface area contributed by atoms with Crippen molar-refractivity contribution in [1.82, 2.24) is 9.80 Å². The third-order valence-electron chi connectivity index (χ3n) is 5.54. The molecule has 3 rings (SSSR count). The molecule has 5 heteroatoms. The molecule has 1 spiro atoms. The highest BCUT2D eigenvalue weighted by Crippen LogP contribution is 2.46. The highest BCUT2D eigenvalue weighted by atomic mass is 16.6. The van der Waals surface area contributed by atoms with Crippen molar-refractivity contribution < 1.29 is 14.3 Å². The van der Waals surface area contributed by atoms with Gasteiger partial charge in [0, 0.05) is 26.2 Å². The smallest absolute Gasteiger partial charge is 0.410 e. The summed E-state index contributed by atoms with van der Waals surface area (Å²) in [4.78, 5) is 28.4.